The largest absolute Gasteiger partial charge is 0.271 e. The lowest BCUT2D eigenvalue weighted by Gasteiger charge is -2.17. The first kappa shape index (κ1) is 12.2. The van der Waals surface area contributed by atoms with Crippen molar-refractivity contribution in [3.63, 3.8) is 0 Å². The van der Waals surface area contributed by atoms with Crippen molar-refractivity contribution in [1.82, 2.24) is 10.4 Å². The lowest BCUT2D eigenvalue weighted by atomic mass is 10.00. The van der Waals surface area contributed by atoms with Gasteiger partial charge in [0.1, 0.15) is 5.82 Å². The molecule has 0 bridgehead atoms. The van der Waals surface area contributed by atoms with Crippen LogP contribution in [0.2, 0.25) is 0 Å². The summed E-state index contributed by atoms with van der Waals surface area (Å²) in [4.78, 5) is 5.26. The van der Waals surface area contributed by atoms with Crippen LogP contribution in [0.3, 0.4) is 0 Å². The molecule has 0 saturated carbocycles. The van der Waals surface area contributed by atoms with Gasteiger partial charge in [0.15, 0.2) is 0 Å². The Morgan fingerprint density at radius 1 is 1.41 bits per heavy atom. The van der Waals surface area contributed by atoms with Crippen LogP contribution in [0.25, 0.3) is 0 Å². The van der Waals surface area contributed by atoms with Crippen LogP contribution in [0, 0.1) is 19.7 Å². The highest BCUT2D eigenvalue weighted by Gasteiger charge is 2.18. The summed E-state index contributed by atoms with van der Waals surface area (Å²) in [5.41, 5.74) is 7.35. The number of nitrogens with two attached hydrogens (primary N) is 1. The van der Waals surface area contributed by atoms with Gasteiger partial charge in [0.2, 0.25) is 0 Å². The Kier molecular flexibility index (Phi) is 3.51. The molecule has 0 radical (unpaired) electrons. The molecule has 0 aliphatic carbocycles. The average Bonchev–Trinajstić information content (AvgIpc) is 2.69. The first-order chi connectivity index (χ1) is 8.13. The van der Waals surface area contributed by atoms with Crippen LogP contribution < -0.4 is 11.3 Å². The van der Waals surface area contributed by atoms with E-state index >= 15 is 0 Å². The predicted octanol–water partition coefficient (Wildman–Crippen LogP) is 2.45. The van der Waals surface area contributed by atoms with E-state index in [4.69, 9.17) is 5.84 Å². The lowest BCUT2D eigenvalue weighted by molar-refractivity contribution is 0.614. The zero-order valence-corrected chi connectivity index (χ0v) is 10.5. The lowest BCUT2D eigenvalue weighted by Crippen LogP contribution is -2.29. The minimum Gasteiger partial charge on any atom is -0.271 e. The molecule has 0 aliphatic heterocycles. The number of thiazole rings is 1. The maximum atomic E-state index is 13.1. The highest BCUT2D eigenvalue weighted by molar-refractivity contribution is 7.09. The Labute approximate surface area is 103 Å². The summed E-state index contributed by atoms with van der Waals surface area (Å²) in [6, 6.07) is 4.58. The van der Waals surface area contributed by atoms with Crippen molar-refractivity contribution < 1.29 is 4.39 Å². The van der Waals surface area contributed by atoms with Gasteiger partial charge in [0.25, 0.3) is 0 Å². The molecule has 2 aromatic rings. The second-order valence-electron chi connectivity index (χ2n) is 3.90. The fourth-order valence-electron chi connectivity index (χ4n) is 1.86. The summed E-state index contributed by atoms with van der Waals surface area (Å²) in [7, 11) is 0. The van der Waals surface area contributed by atoms with E-state index in [2.05, 4.69) is 10.4 Å². The quantitative estimate of drug-likeness (QED) is 0.651. The van der Waals surface area contributed by atoms with Gasteiger partial charge < -0.3 is 0 Å². The molecule has 1 unspecified atom stereocenters. The van der Waals surface area contributed by atoms with E-state index in [0.717, 1.165) is 21.7 Å². The fourth-order valence-corrected chi connectivity index (χ4v) is 2.74. The Morgan fingerprint density at radius 2 is 2.18 bits per heavy atom. The molecular weight excluding hydrogens is 237 g/mol. The topological polar surface area (TPSA) is 50.9 Å². The monoisotopic (exact) mass is 251 g/mol. The van der Waals surface area contributed by atoms with Crippen molar-refractivity contribution in [2.24, 2.45) is 5.84 Å². The molecule has 0 fully saturated rings. The third kappa shape index (κ3) is 2.36. The Balaban J connectivity index is 2.46. The maximum absolute atomic E-state index is 13.1. The van der Waals surface area contributed by atoms with Gasteiger partial charge in [-0.05, 0) is 37.1 Å². The van der Waals surface area contributed by atoms with Crippen LogP contribution in [0.15, 0.2) is 23.7 Å². The number of nitrogens with one attached hydrogen (secondary N) is 1. The second-order valence-corrected chi connectivity index (χ2v) is 4.79. The van der Waals surface area contributed by atoms with Crippen LogP contribution >= 0.6 is 11.3 Å². The average molecular weight is 251 g/mol. The third-order valence-corrected chi connectivity index (χ3v) is 3.75. The molecule has 1 atom stereocenters. The minimum absolute atomic E-state index is 0.136. The summed E-state index contributed by atoms with van der Waals surface area (Å²) in [5, 5.41) is 0. The Morgan fingerprint density at radius 3 is 2.71 bits per heavy atom. The van der Waals surface area contributed by atoms with Gasteiger partial charge in [-0.15, -0.1) is 11.3 Å². The van der Waals surface area contributed by atoms with E-state index in [1.807, 2.05) is 13.8 Å². The van der Waals surface area contributed by atoms with Gasteiger partial charge in [-0.25, -0.2) is 14.8 Å². The van der Waals surface area contributed by atoms with Crippen LogP contribution in [-0.4, -0.2) is 4.98 Å². The van der Waals surface area contributed by atoms with E-state index in [9.17, 15) is 4.39 Å². The zero-order chi connectivity index (χ0) is 12.4. The second kappa shape index (κ2) is 4.91. The zero-order valence-electron chi connectivity index (χ0n) is 9.70. The summed E-state index contributed by atoms with van der Waals surface area (Å²) in [6.45, 7) is 3.81. The van der Waals surface area contributed by atoms with Crippen molar-refractivity contribution in [3.8, 4) is 0 Å². The molecule has 3 N–H and O–H groups in total. The SMILES string of the molecule is Cc1cc(F)ccc1C(NN)c1scnc1C. The van der Waals surface area contributed by atoms with Crippen molar-refractivity contribution in [3.05, 3.63) is 51.2 Å². The van der Waals surface area contributed by atoms with E-state index < -0.39 is 0 Å². The minimum atomic E-state index is -0.233. The van der Waals surface area contributed by atoms with E-state index in [-0.39, 0.29) is 11.9 Å². The van der Waals surface area contributed by atoms with Gasteiger partial charge in [0.05, 0.1) is 22.1 Å². The van der Waals surface area contributed by atoms with Crippen molar-refractivity contribution in [1.29, 1.82) is 0 Å². The molecule has 2 rings (SSSR count). The summed E-state index contributed by atoms with van der Waals surface area (Å²) in [6.07, 6.45) is 0. The standard InChI is InChI=1S/C12H14FN3S/c1-7-5-9(13)3-4-10(7)11(16-14)12-8(2)15-6-17-12/h3-6,11,16H,14H2,1-2H3. The van der Waals surface area contributed by atoms with E-state index in [1.54, 1.807) is 22.9 Å². The van der Waals surface area contributed by atoms with Gasteiger partial charge >= 0.3 is 0 Å². The normalized spacial score (nSPS) is 12.7. The summed E-state index contributed by atoms with van der Waals surface area (Å²) < 4.78 is 13.1. The molecular formula is C12H14FN3S. The molecule has 1 aromatic heterocycles. The van der Waals surface area contributed by atoms with Crippen molar-refractivity contribution >= 4 is 11.3 Å². The van der Waals surface area contributed by atoms with Crippen molar-refractivity contribution in [2.45, 2.75) is 19.9 Å². The smallest absolute Gasteiger partial charge is 0.123 e. The maximum Gasteiger partial charge on any atom is 0.123 e. The Hall–Kier alpha value is -1.30. The number of aromatic nitrogens is 1. The van der Waals surface area contributed by atoms with Crippen molar-refractivity contribution in [2.75, 3.05) is 0 Å². The number of nitrogens with zero attached hydrogens (tertiary/aromatic N) is 1. The first-order valence-corrected chi connectivity index (χ1v) is 6.13. The number of benzene rings is 1. The van der Waals surface area contributed by atoms with Crippen LogP contribution in [0.1, 0.15) is 27.7 Å². The summed E-state index contributed by atoms with van der Waals surface area (Å²) >= 11 is 1.54. The highest BCUT2D eigenvalue weighted by Crippen LogP contribution is 2.29. The summed E-state index contributed by atoms with van der Waals surface area (Å²) in [5.74, 6) is 5.37. The van der Waals surface area contributed by atoms with Crippen LogP contribution in [0.5, 0.6) is 0 Å². The molecule has 17 heavy (non-hydrogen) atoms. The molecule has 0 spiro atoms. The predicted molar refractivity (Wildman–Crippen MR) is 67.2 cm³/mol. The first-order valence-electron chi connectivity index (χ1n) is 5.25. The van der Waals surface area contributed by atoms with Gasteiger partial charge in [0, 0.05) is 0 Å². The number of hydrogen-bond donors (Lipinski definition) is 2. The molecule has 0 saturated heterocycles. The molecule has 5 heteroatoms. The van der Waals surface area contributed by atoms with Crippen LogP contribution in [-0.2, 0) is 0 Å². The van der Waals surface area contributed by atoms with Gasteiger partial charge in [-0.3, -0.25) is 5.84 Å². The highest BCUT2D eigenvalue weighted by atomic mass is 32.1. The molecule has 1 aromatic carbocycles. The van der Waals surface area contributed by atoms with E-state index in [1.165, 1.54) is 12.1 Å². The molecule has 1 heterocycles. The fraction of sp³-hybridized carbons (Fsp3) is 0.250. The molecule has 3 nitrogen and oxygen atoms in total. The molecule has 90 valence electrons. The molecule has 0 aliphatic rings. The number of hydrogen-bond acceptors (Lipinski definition) is 4. The van der Waals surface area contributed by atoms with Gasteiger partial charge in [-0.1, -0.05) is 6.07 Å². The number of rotatable bonds is 3. The number of aryl methyl sites for hydroxylation is 2. The van der Waals surface area contributed by atoms with E-state index in [0.29, 0.717) is 0 Å². The number of hydrazine groups is 1. The van der Waals surface area contributed by atoms with Gasteiger partial charge in [-0.2, -0.15) is 0 Å². The Bertz CT molecular complexity index is 524. The third-order valence-electron chi connectivity index (χ3n) is 2.75. The molecule has 0 amide bonds. The van der Waals surface area contributed by atoms with Crippen LogP contribution in [0.4, 0.5) is 4.39 Å². The number of halogens is 1.